The predicted octanol–water partition coefficient (Wildman–Crippen LogP) is 3.32. The molecule has 0 atom stereocenters. The van der Waals surface area contributed by atoms with Gasteiger partial charge in [0, 0.05) is 36.6 Å². The van der Waals surface area contributed by atoms with Crippen LogP contribution < -0.4 is 0 Å². The van der Waals surface area contributed by atoms with E-state index in [9.17, 15) is 4.79 Å². The molecule has 0 saturated carbocycles. The smallest absolute Gasteiger partial charge is 0.257 e. The van der Waals surface area contributed by atoms with Crippen molar-refractivity contribution in [1.29, 1.82) is 0 Å². The highest BCUT2D eigenvalue weighted by Crippen LogP contribution is 2.27. The van der Waals surface area contributed by atoms with E-state index in [1.165, 1.54) is 12.8 Å². The zero-order valence-electron chi connectivity index (χ0n) is 18.4. The summed E-state index contributed by atoms with van der Waals surface area (Å²) >= 11 is 0. The molecule has 0 bridgehead atoms. The highest BCUT2D eigenvalue weighted by Gasteiger charge is 2.22. The Balaban J connectivity index is 1.32. The maximum absolute atomic E-state index is 13.1. The van der Waals surface area contributed by atoms with Gasteiger partial charge in [-0.1, -0.05) is 11.2 Å². The van der Waals surface area contributed by atoms with Crippen LogP contribution in [-0.2, 0) is 6.54 Å². The van der Waals surface area contributed by atoms with E-state index in [1.54, 1.807) is 23.3 Å². The average Bonchev–Trinajstić information content (AvgIpc) is 3.66. The molecule has 170 valence electrons. The summed E-state index contributed by atoms with van der Waals surface area (Å²) in [6, 6.07) is 9.84. The molecule has 34 heavy (non-hydrogen) atoms. The molecule has 1 aliphatic rings. The van der Waals surface area contributed by atoms with Gasteiger partial charge in [0.05, 0.1) is 34.9 Å². The lowest BCUT2D eigenvalue weighted by Gasteiger charge is -2.26. The number of fused-ring (bicyclic) bond motifs is 1. The van der Waals surface area contributed by atoms with Gasteiger partial charge in [-0.3, -0.25) is 14.5 Å². The first-order valence-electron chi connectivity index (χ1n) is 11.3. The number of nitrogens with zero attached hydrogens (tertiary/aromatic N) is 8. The predicted molar refractivity (Wildman–Crippen MR) is 123 cm³/mol. The summed E-state index contributed by atoms with van der Waals surface area (Å²) in [4.78, 5) is 23.6. The second kappa shape index (κ2) is 8.54. The van der Waals surface area contributed by atoms with Gasteiger partial charge in [-0.2, -0.15) is 15.2 Å². The van der Waals surface area contributed by atoms with Crippen LogP contribution in [0, 0.1) is 0 Å². The first-order valence-corrected chi connectivity index (χ1v) is 11.3. The second-order valence-electron chi connectivity index (χ2n) is 8.32. The van der Waals surface area contributed by atoms with E-state index in [1.807, 2.05) is 45.9 Å². The lowest BCUT2D eigenvalue weighted by atomic mass is 10.1. The van der Waals surface area contributed by atoms with E-state index in [0.29, 0.717) is 17.9 Å². The summed E-state index contributed by atoms with van der Waals surface area (Å²) in [7, 11) is 0. The number of rotatable bonds is 5. The Kier molecular flexibility index (Phi) is 5.10. The zero-order valence-corrected chi connectivity index (χ0v) is 18.4. The number of amides is 1. The van der Waals surface area contributed by atoms with E-state index < -0.39 is 0 Å². The van der Waals surface area contributed by atoms with Crippen LogP contribution in [0.15, 0.2) is 66.0 Å². The van der Waals surface area contributed by atoms with Crippen molar-refractivity contribution in [2.24, 2.45) is 0 Å². The Bertz CT molecular complexity index is 1450. The molecule has 1 amide bonds. The quantitative estimate of drug-likeness (QED) is 0.401. The normalized spacial score (nSPS) is 14.1. The third-order valence-corrected chi connectivity index (χ3v) is 6.11. The third-order valence-electron chi connectivity index (χ3n) is 6.11. The molecule has 6 heterocycles. The average molecular weight is 454 g/mol. The van der Waals surface area contributed by atoms with Gasteiger partial charge in [0.2, 0.25) is 6.39 Å². The molecule has 0 aromatic carbocycles. The van der Waals surface area contributed by atoms with Crippen LogP contribution in [0.25, 0.3) is 28.0 Å². The van der Waals surface area contributed by atoms with E-state index in [4.69, 9.17) is 4.52 Å². The van der Waals surface area contributed by atoms with Crippen molar-refractivity contribution in [2.45, 2.75) is 25.8 Å². The summed E-state index contributed by atoms with van der Waals surface area (Å²) in [5.74, 6) is 0.605. The molecule has 1 fully saturated rings. The highest BCUT2D eigenvalue weighted by atomic mass is 16.5. The molecule has 6 rings (SSSR count). The van der Waals surface area contributed by atoms with Crippen molar-refractivity contribution in [3.05, 3.63) is 72.9 Å². The molecule has 1 saturated heterocycles. The molecule has 0 spiro atoms. The van der Waals surface area contributed by atoms with E-state index in [2.05, 4.69) is 25.3 Å². The molecular weight excluding hydrogens is 432 g/mol. The van der Waals surface area contributed by atoms with E-state index in [-0.39, 0.29) is 5.91 Å². The SMILES string of the molecule is O=C(c1cnn2c(-c3ccnc(-c4cnn(Cc5ncon5)c4)c3)cccc12)N1CCCCC1. The fourth-order valence-corrected chi connectivity index (χ4v) is 4.40. The molecule has 0 radical (unpaired) electrons. The van der Waals surface area contributed by atoms with Crippen molar-refractivity contribution in [2.75, 3.05) is 13.1 Å². The zero-order chi connectivity index (χ0) is 22.9. The highest BCUT2D eigenvalue weighted by molar-refractivity contribution is 6.01. The Hall–Kier alpha value is -4.34. The first-order chi connectivity index (χ1) is 16.8. The number of aromatic nitrogens is 7. The minimum absolute atomic E-state index is 0.0521. The van der Waals surface area contributed by atoms with Crippen molar-refractivity contribution in [3.8, 4) is 22.5 Å². The summed E-state index contributed by atoms with van der Waals surface area (Å²) in [5, 5.41) is 12.8. The summed E-state index contributed by atoms with van der Waals surface area (Å²) < 4.78 is 8.35. The third kappa shape index (κ3) is 3.72. The molecule has 0 unspecified atom stereocenters. The Morgan fingerprint density at radius 2 is 1.91 bits per heavy atom. The lowest BCUT2D eigenvalue weighted by molar-refractivity contribution is 0.0726. The minimum Gasteiger partial charge on any atom is -0.343 e. The first kappa shape index (κ1) is 20.3. The molecule has 10 nitrogen and oxygen atoms in total. The van der Waals surface area contributed by atoms with Gasteiger partial charge < -0.3 is 9.42 Å². The van der Waals surface area contributed by atoms with Gasteiger partial charge in [0.15, 0.2) is 5.82 Å². The fourth-order valence-electron chi connectivity index (χ4n) is 4.40. The van der Waals surface area contributed by atoms with Crippen LogP contribution in [0.3, 0.4) is 0 Å². The van der Waals surface area contributed by atoms with Crippen LogP contribution in [0.1, 0.15) is 35.4 Å². The molecule has 10 heteroatoms. The van der Waals surface area contributed by atoms with E-state index >= 15 is 0 Å². The molecule has 1 aliphatic heterocycles. The molecule has 0 N–H and O–H groups in total. The van der Waals surface area contributed by atoms with Crippen LogP contribution in [-0.4, -0.2) is 58.4 Å². The molecular formula is C24H22N8O2. The van der Waals surface area contributed by atoms with Crippen molar-refractivity contribution < 1.29 is 9.32 Å². The standard InChI is InChI=1S/C24H22N8O2/c33-24(30-9-2-1-3-10-30)19-13-28-32-21(5-4-6-22(19)32)17-7-8-25-20(11-17)18-12-27-31(14-18)15-23-26-16-34-29-23/h4-8,11-14,16H,1-3,9-10,15H2. The van der Waals surface area contributed by atoms with Gasteiger partial charge in [0.1, 0.15) is 6.54 Å². The summed E-state index contributed by atoms with van der Waals surface area (Å²) in [5.41, 5.74) is 4.93. The van der Waals surface area contributed by atoms with Crippen LogP contribution >= 0.6 is 0 Å². The summed E-state index contributed by atoms with van der Waals surface area (Å²) in [6.07, 6.45) is 11.7. The maximum Gasteiger partial charge on any atom is 0.257 e. The number of hydrogen-bond donors (Lipinski definition) is 0. The number of carbonyl (C=O) groups is 1. The largest absolute Gasteiger partial charge is 0.343 e. The Morgan fingerprint density at radius 3 is 2.76 bits per heavy atom. The number of pyridine rings is 2. The van der Waals surface area contributed by atoms with Crippen molar-refractivity contribution in [1.82, 2.24) is 39.4 Å². The molecule has 0 aliphatic carbocycles. The molecule has 5 aromatic heterocycles. The second-order valence-corrected chi connectivity index (χ2v) is 8.32. The van der Waals surface area contributed by atoms with Crippen LogP contribution in [0.4, 0.5) is 0 Å². The molecule has 5 aromatic rings. The maximum atomic E-state index is 13.1. The van der Waals surface area contributed by atoms with E-state index in [0.717, 1.165) is 54.0 Å². The van der Waals surface area contributed by atoms with Crippen molar-refractivity contribution >= 4 is 11.4 Å². The lowest BCUT2D eigenvalue weighted by Crippen LogP contribution is -2.35. The van der Waals surface area contributed by atoms with Crippen molar-refractivity contribution in [3.63, 3.8) is 0 Å². The number of piperidine rings is 1. The van der Waals surface area contributed by atoms with Gasteiger partial charge in [-0.15, -0.1) is 0 Å². The van der Waals surface area contributed by atoms with Crippen LogP contribution in [0.2, 0.25) is 0 Å². The van der Waals surface area contributed by atoms with Gasteiger partial charge in [-0.05, 0) is 43.5 Å². The summed E-state index contributed by atoms with van der Waals surface area (Å²) in [6.45, 7) is 2.03. The van der Waals surface area contributed by atoms with Crippen LogP contribution in [0.5, 0.6) is 0 Å². The Labute approximate surface area is 194 Å². The number of likely N-dealkylation sites (tertiary alicyclic amines) is 1. The monoisotopic (exact) mass is 454 g/mol. The Morgan fingerprint density at radius 1 is 1.00 bits per heavy atom. The van der Waals surface area contributed by atoms with Gasteiger partial charge >= 0.3 is 0 Å². The number of carbonyl (C=O) groups excluding carboxylic acids is 1. The fraction of sp³-hybridized carbons (Fsp3) is 0.250. The number of hydrogen-bond acceptors (Lipinski definition) is 7. The van der Waals surface area contributed by atoms with Gasteiger partial charge in [-0.25, -0.2) is 4.52 Å². The minimum atomic E-state index is 0.0521. The topological polar surface area (TPSA) is 107 Å². The van der Waals surface area contributed by atoms with Gasteiger partial charge in [0.25, 0.3) is 5.91 Å².